The molecule has 0 bridgehead atoms. The zero-order chi connectivity index (χ0) is 10.9. The third-order valence-corrected chi connectivity index (χ3v) is 2.12. The fourth-order valence-corrected chi connectivity index (χ4v) is 1.40. The number of halogens is 2. The van der Waals surface area contributed by atoms with Crippen molar-refractivity contribution in [2.75, 3.05) is 14.1 Å². The van der Waals surface area contributed by atoms with Crippen LogP contribution in [0, 0.1) is 5.82 Å². The van der Waals surface area contributed by atoms with Gasteiger partial charge in [0.05, 0.1) is 5.56 Å². The van der Waals surface area contributed by atoms with Crippen LogP contribution >= 0.6 is 15.9 Å². The van der Waals surface area contributed by atoms with Crippen molar-refractivity contribution in [1.29, 1.82) is 0 Å². The summed E-state index contributed by atoms with van der Waals surface area (Å²) in [6.45, 7) is 0. The Hall–Kier alpha value is -1.10. The molecular formula is C9H9BrFNO2. The summed E-state index contributed by atoms with van der Waals surface area (Å²) >= 11 is 3.04. The molecule has 1 aromatic carbocycles. The van der Waals surface area contributed by atoms with Gasteiger partial charge in [-0.1, -0.05) is 15.9 Å². The molecule has 1 N–H and O–H groups in total. The van der Waals surface area contributed by atoms with Gasteiger partial charge in [-0.25, -0.2) is 4.39 Å². The van der Waals surface area contributed by atoms with E-state index in [-0.39, 0.29) is 5.56 Å². The van der Waals surface area contributed by atoms with Gasteiger partial charge >= 0.3 is 0 Å². The molecule has 0 atom stereocenters. The summed E-state index contributed by atoms with van der Waals surface area (Å²) in [5.74, 6) is -1.88. The van der Waals surface area contributed by atoms with Crippen LogP contribution in [-0.4, -0.2) is 30.0 Å². The largest absolute Gasteiger partial charge is 0.504 e. The van der Waals surface area contributed by atoms with E-state index in [9.17, 15) is 14.3 Å². The highest BCUT2D eigenvalue weighted by Crippen LogP contribution is 2.26. The average molecular weight is 262 g/mol. The van der Waals surface area contributed by atoms with E-state index >= 15 is 0 Å². The number of hydrogen-bond acceptors (Lipinski definition) is 2. The number of phenolic OH excluding ortho intramolecular Hbond substituents is 1. The molecule has 1 aromatic rings. The van der Waals surface area contributed by atoms with Crippen molar-refractivity contribution in [3.8, 4) is 5.75 Å². The van der Waals surface area contributed by atoms with Gasteiger partial charge < -0.3 is 10.0 Å². The third kappa shape index (κ3) is 2.04. The third-order valence-electron chi connectivity index (χ3n) is 1.66. The Kier molecular flexibility index (Phi) is 3.10. The maximum atomic E-state index is 13.0. The zero-order valence-corrected chi connectivity index (χ0v) is 9.30. The summed E-state index contributed by atoms with van der Waals surface area (Å²) in [5, 5.41) is 9.30. The summed E-state index contributed by atoms with van der Waals surface area (Å²) < 4.78 is 13.4. The molecule has 1 amide bonds. The first-order valence-electron chi connectivity index (χ1n) is 3.83. The van der Waals surface area contributed by atoms with E-state index in [1.165, 1.54) is 25.1 Å². The lowest BCUT2D eigenvalue weighted by atomic mass is 10.2. The Morgan fingerprint density at radius 1 is 1.50 bits per heavy atom. The summed E-state index contributed by atoms with van der Waals surface area (Å²) in [6.07, 6.45) is 0. The fraction of sp³-hybridized carbons (Fsp3) is 0.222. The van der Waals surface area contributed by atoms with E-state index in [4.69, 9.17) is 0 Å². The summed E-state index contributed by atoms with van der Waals surface area (Å²) in [4.78, 5) is 12.7. The van der Waals surface area contributed by atoms with Crippen molar-refractivity contribution in [2.45, 2.75) is 0 Å². The lowest BCUT2D eigenvalue weighted by molar-refractivity contribution is 0.0823. The van der Waals surface area contributed by atoms with Crippen LogP contribution in [0.1, 0.15) is 10.4 Å². The number of aromatic hydroxyl groups is 1. The molecule has 0 aromatic heterocycles. The molecular weight excluding hydrogens is 253 g/mol. The molecule has 0 spiro atoms. The Balaban J connectivity index is 3.27. The van der Waals surface area contributed by atoms with Crippen LogP contribution in [0.2, 0.25) is 0 Å². The second kappa shape index (κ2) is 3.96. The van der Waals surface area contributed by atoms with Gasteiger partial charge in [0, 0.05) is 18.6 Å². The van der Waals surface area contributed by atoms with Gasteiger partial charge in [-0.05, 0) is 12.1 Å². The first-order chi connectivity index (χ1) is 6.43. The van der Waals surface area contributed by atoms with Crippen LogP contribution in [0.3, 0.4) is 0 Å². The molecule has 14 heavy (non-hydrogen) atoms. The standard InChI is InChI=1S/C9H9BrFNO2/c1-12(2)9(14)6-3-5(10)4-7(11)8(6)13/h3-4,13H,1-2H3. The van der Waals surface area contributed by atoms with E-state index < -0.39 is 17.5 Å². The van der Waals surface area contributed by atoms with Gasteiger partial charge in [-0.3, -0.25) is 4.79 Å². The van der Waals surface area contributed by atoms with Crippen LogP contribution < -0.4 is 0 Å². The minimum absolute atomic E-state index is 0.0538. The zero-order valence-electron chi connectivity index (χ0n) is 7.71. The summed E-state index contributed by atoms with van der Waals surface area (Å²) in [7, 11) is 3.06. The first-order valence-corrected chi connectivity index (χ1v) is 4.62. The molecule has 0 radical (unpaired) electrons. The van der Waals surface area contributed by atoms with E-state index in [2.05, 4.69) is 15.9 Å². The lowest BCUT2D eigenvalue weighted by Crippen LogP contribution is -2.22. The predicted molar refractivity (Wildman–Crippen MR) is 53.8 cm³/mol. The number of hydrogen-bond donors (Lipinski definition) is 1. The molecule has 0 unspecified atom stereocenters. The first kappa shape index (κ1) is 11.0. The highest BCUT2D eigenvalue weighted by atomic mass is 79.9. The van der Waals surface area contributed by atoms with Crippen molar-refractivity contribution in [3.63, 3.8) is 0 Å². The van der Waals surface area contributed by atoms with Crippen molar-refractivity contribution in [2.24, 2.45) is 0 Å². The normalized spacial score (nSPS) is 10.0. The maximum absolute atomic E-state index is 13.0. The minimum atomic E-state index is -0.815. The molecule has 0 aliphatic carbocycles. The molecule has 0 saturated carbocycles. The van der Waals surface area contributed by atoms with Crippen molar-refractivity contribution >= 4 is 21.8 Å². The number of nitrogens with zero attached hydrogens (tertiary/aromatic N) is 1. The number of phenols is 1. The molecule has 0 heterocycles. The monoisotopic (exact) mass is 261 g/mol. The number of benzene rings is 1. The number of carbonyl (C=O) groups excluding carboxylic acids is 1. The van der Waals surface area contributed by atoms with E-state index in [1.54, 1.807) is 0 Å². The Labute approximate surface area is 89.3 Å². The molecule has 0 saturated heterocycles. The maximum Gasteiger partial charge on any atom is 0.257 e. The van der Waals surface area contributed by atoms with Crippen LogP contribution in [0.4, 0.5) is 4.39 Å². The number of amides is 1. The fourth-order valence-electron chi connectivity index (χ4n) is 0.970. The van der Waals surface area contributed by atoms with Gasteiger partial charge in [-0.15, -0.1) is 0 Å². The van der Waals surface area contributed by atoms with Crippen molar-refractivity contribution < 1.29 is 14.3 Å². The van der Waals surface area contributed by atoms with E-state index in [0.717, 1.165) is 6.07 Å². The van der Waals surface area contributed by atoms with Gasteiger partial charge in [0.2, 0.25) is 0 Å². The van der Waals surface area contributed by atoms with Gasteiger partial charge in [0.25, 0.3) is 5.91 Å². The summed E-state index contributed by atoms with van der Waals surface area (Å²) in [6, 6.07) is 2.47. The molecule has 5 heteroatoms. The van der Waals surface area contributed by atoms with Gasteiger partial charge in [-0.2, -0.15) is 0 Å². The molecule has 0 aliphatic rings. The van der Waals surface area contributed by atoms with Gasteiger partial charge in [0.1, 0.15) is 0 Å². The highest BCUT2D eigenvalue weighted by Gasteiger charge is 2.17. The van der Waals surface area contributed by atoms with Gasteiger partial charge in [0.15, 0.2) is 11.6 Å². The van der Waals surface area contributed by atoms with E-state index in [0.29, 0.717) is 4.47 Å². The molecule has 0 fully saturated rings. The lowest BCUT2D eigenvalue weighted by Gasteiger charge is -2.11. The summed E-state index contributed by atoms with van der Waals surface area (Å²) in [5.41, 5.74) is -0.0538. The highest BCUT2D eigenvalue weighted by molar-refractivity contribution is 9.10. The second-order valence-electron chi connectivity index (χ2n) is 2.98. The Bertz CT molecular complexity index is 379. The average Bonchev–Trinajstić information content (AvgIpc) is 2.09. The molecule has 76 valence electrons. The van der Waals surface area contributed by atoms with Crippen LogP contribution in [0.25, 0.3) is 0 Å². The predicted octanol–water partition coefficient (Wildman–Crippen LogP) is 2.00. The second-order valence-corrected chi connectivity index (χ2v) is 3.90. The SMILES string of the molecule is CN(C)C(=O)c1cc(Br)cc(F)c1O. The Morgan fingerprint density at radius 3 is 2.57 bits per heavy atom. The van der Waals surface area contributed by atoms with E-state index in [1.807, 2.05) is 0 Å². The number of rotatable bonds is 1. The number of carbonyl (C=O) groups is 1. The smallest absolute Gasteiger partial charge is 0.257 e. The minimum Gasteiger partial charge on any atom is -0.504 e. The van der Waals surface area contributed by atoms with Crippen molar-refractivity contribution in [3.05, 3.63) is 28.0 Å². The van der Waals surface area contributed by atoms with Crippen LogP contribution in [-0.2, 0) is 0 Å². The quantitative estimate of drug-likeness (QED) is 0.840. The van der Waals surface area contributed by atoms with Crippen molar-refractivity contribution in [1.82, 2.24) is 4.90 Å². The molecule has 0 aliphatic heterocycles. The van der Waals surface area contributed by atoms with Crippen LogP contribution in [0.15, 0.2) is 16.6 Å². The molecule has 1 rings (SSSR count). The Morgan fingerprint density at radius 2 is 2.07 bits per heavy atom. The topological polar surface area (TPSA) is 40.5 Å². The molecule has 3 nitrogen and oxygen atoms in total. The van der Waals surface area contributed by atoms with Crippen LogP contribution in [0.5, 0.6) is 5.75 Å².